The number of nitrogens with zero attached hydrogens (tertiary/aromatic N) is 3. The van der Waals surface area contributed by atoms with Gasteiger partial charge < -0.3 is 9.84 Å². The number of aliphatic hydroxyl groups excluding tert-OH is 1. The Hall–Kier alpha value is -3.73. The molecule has 202 valence electrons. The number of ketones is 1. The topological polar surface area (TPSA) is 92.6 Å². The third-order valence-electron chi connectivity index (χ3n) is 6.66. The maximum atomic E-state index is 13.5. The summed E-state index contributed by atoms with van der Waals surface area (Å²) in [7, 11) is 0. The van der Waals surface area contributed by atoms with E-state index in [-0.39, 0.29) is 28.4 Å². The summed E-state index contributed by atoms with van der Waals surface area (Å²) in [5.41, 5.74) is 2.71. The number of carbonyl (C=O) groups excluding carboxylic acids is 2. The first-order chi connectivity index (χ1) is 19.3. The molecule has 1 saturated heterocycles. The van der Waals surface area contributed by atoms with E-state index in [1.807, 2.05) is 6.92 Å². The molecule has 0 bridgehead atoms. The van der Waals surface area contributed by atoms with E-state index in [0.29, 0.717) is 32.7 Å². The molecule has 2 aliphatic heterocycles. The van der Waals surface area contributed by atoms with Gasteiger partial charge >= 0.3 is 5.91 Å². The van der Waals surface area contributed by atoms with Crippen molar-refractivity contribution < 1.29 is 23.8 Å². The number of anilines is 1. The molecule has 0 saturated carbocycles. The van der Waals surface area contributed by atoms with E-state index in [4.69, 9.17) is 16.3 Å². The predicted octanol–water partition coefficient (Wildman–Crippen LogP) is 6.57. The maximum Gasteiger partial charge on any atom is 0.301 e. The molecule has 11 heteroatoms. The summed E-state index contributed by atoms with van der Waals surface area (Å²) in [4.78, 5) is 28.2. The third kappa shape index (κ3) is 4.98. The van der Waals surface area contributed by atoms with Gasteiger partial charge in [0, 0.05) is 22.8 Å². The van der Waals surface area contributed by atoms with Crippen molar-refractivity contribution in [1.82, 2.24) is 10.2 Å². The van der Waals surface area contributed by atoms with Gasteiger partial charge in [-0.05, 0) is 66.1 Å². The number of halogens is 2. The van der Waals surface area contributed by atoms with Crippen LogP contribution in [0.1, 0.15) is 35.2 Å². The van der Waals surface area contributed by atoms with Crippen LogP contribution < -0.4 is 9.64 Å². The van der Waals surface area contributed by atoms with E-state index in [1.165, 1.54) is 28.8 Å². The zero-order valence-electron chi connectivity index (χ0n) is 21.0. The number of amides is 1. The molecule has 1 fully saturated rings. The van der Waals surface area contributed by atoms with Crippen LogP contribution in [0.15, 0.2) is 76.6 Å². The highest BCUT2D eigenvalue weighted by molar-refractivity contribution is 8.00. The van der Waals surface area contributed by atoms with E-state index in [9.17, 15) is 19.1 Å². The van der Waals surface area contributed by atoms with E-state index in [0.717, 1.165) is 28.2 Å². The smallest absolute Gasteiger partial charge is 0.301 e. The molecule has 0 aliphatic carbocycles. The van der Waals surface area contributed by atoms with Crippen molar-refractivity contribution in [3.8, 4) is 5.75 Å². The van der Waals surface area contributed by atoms with Gasteiger partial charge in [-0.15, -0.1) is 10.2 Å². The molecular weight excluding hydrogens is 573 g/mol. The lowest BCUT2D eigenvalue weighted by Gasteiger charge is -2.22. The van der Waals surface area contributed by atoms with Gasteiger partial charge in [0.25, 0.3) is 5.78 Å². The maximum absolute atomic E-state index is 13.5. The normalized spacial score (nSPS) is 19.6. The van der Waals surface area contributed by atoms with Crippen LogP contribution in [-0.4, -0.2) is 33.1 Å². The Morgan fingerprint density at radius 2 is 1.95 bits per heavy atom. The van der Waals surface area contributed by atoms with Gasteiger partial charge in [-0.3, -0.25) is 14.5 Å². The first-order valence-electron chi connectivity index (χ1n) is 12.4. The highest BCUT2D eigenvalue weighted by Gasteiger charge is 2.48. The van der Waals surface area contributed by atoms with Crippen LogP contribution in [0.25, 0.3) is 5.76 Å². The summed E-state index contributed by atoms with van der Waals surface area (Å²) in [6.07, 6.45) is 0.683. The number of hydrogen-bond donors (Lipinski definition) is 1. The number of fused-ring (bicyclic) bond motifs is 1. The average molecular weight is 594 g/mol. The Morgan fingerprint density at radius 3 is 2.73 bits per heavy atom. The number of ether oxygens (including phenoxy) is 1. The van der Waals surface area contributed by atoms with Crippen molar-refractivity contribution in [3.63, 3.8) is 0 Å². The highest BCUT2D eigenvalue weighted by Crippen LogP contribution is 2.45. The summed E-state index contributed by atoms with van der Waals surface area (Å²) < 4.78 is 19.6. The monoisotopic (exact) mass is 593 g/mol. The molecule has 2 unspecified atom stereocenters. The molecule has 4 aromatic rings. The fourth-order valence-corrected chi connectivity index (χ4v) is 6.85. The van der Waals surface area contributed by atoms with Crippen molar-refractivity contribution in [2.45, 2.75) is 35.6 Å². The molecule has 3 heterocycles. The van der Waals surface area contributed by atoms with Crippen LogP contribution in [0.4, 0.5) is 9.52 Å². The lowest BCUT2D eigenvalue weighted by Crippen LogP contribution is -2.29. The second-order valence-electron chi connectivity index (χ2n) is 9.44. The van der Waals surface area contributed by atoms with Crippen LogP contribution in [-0.2, 0) is 21.8 Å². The molecule has 3 aromatic carbocycles. The zero-order chi connectivity index (χ0) is 28.0. The Balaban J connectivity index is 1.38. The molecule has 1 amide bonds. The molecule has 1 N–H and O–H groups in total. The largest absolute Gasteiger partial charge is 0.507 e. The number of rotatable bonds is 6. The van der Waals surface area contributed by atoms with Gasteiger partial charge in [0.1, 0.15) is 23.4 Å². The Morgan fingerprint density at radius 1 is 1.15 bits per heavy atom. The van der Waals surface area contributed by atoms with Crippen molar-refractivity contribution in [3.05, 3.63) is 105 Å². The third-order valence-corrected chi connectivity index (χ3v) is 9.02. The first-order valence-corrected chi connectivity index (χ1v) is 14.5. The lowest BCUT2D eigenvalue weighted by molar-refractivity contribution is -0.132. The average Bonchev–Trinajstić information content (AvgIpc) is 3.63. The van der Waals surface area contributed by atoms with Gasteiger partial charge in [-0.1, -0.05) is 59.0 Å². The summed E-state index contributed by atoms with van der Waals surface area (Å²) in [6.45, 7) is 1.96. The molecule has 0 spiro atoms. The number of benzene rings is 3. The van der Waals surface area contributed by atoms with Crippen LogP contribution in [0.3, 0.4) is 0 Å². The fourth-order valence-electron chi connectivity index (χ4n) is 4.83. The standard InChI is InChI=1S/C29H21ClFN3O4S2/c1-15-11-19-12-18(7-10-22(19)38-15)25(35)23-24(17-3-2-4-20(30)13-17)34(27(37)26(23)36)28-32-33-29(40-28)39-14-16-5-8-21(31)9-6-16/h2-10,12-13,15,24,35H,11,14H2,1H3/b25-23+. The van der Waals surface area contributed by atoms with Crippen molar-refractivity contribution in [1.29, 1.82) is 0 Å². The number of carbonyl (C=O) groups is 2. The Labute approximate surface area is 242 Å². The molecule has 7 nitrogen and oxygen atoms in total. The minimum absolute atomic E-state index is 0.0111. The summed E-state index contributed by atoms with van der Waals surface area (Å²) in [6, 6.07) is 17.2. The molecule has 2 aliphatic rings. The number of hydrogen-bond acceptors (Lipinski definition) is 8. The summed E-state index contributed by atoms with van der Waals surface area (Å²) >= 11 is 8.83. The molecular formula is C29H21ClFN3O4S2. The SMILES string of the molecule is CC1Cc2cc(/C(O)=C3\C(=O)C(=O)N(c4nnc(SCc5ccc(F)cc5)s4)C3c3cccc(Cl)c3)ccc2O1. The second-order valence-corrected chi connectivity index (χ2v) is 12.1. The van der Waals surface area contributed by atoms with Crippen molar-refractivity contribution >= 4 is 57.3 Å². The van der Waals surface area contributed by atoms with Crippen LogP contribution >= 0.6 is 34.7 Å². The van der Waals surface area contributed by atoms with Crippen LogP contribution in [0.2, 0.25) is 5.02 Å². The number of Topliss-reactive ketones (excluding diaryl/α,β-unsaturated/α-hetero) is 1. The summed E-state index contributed by atoms with van der Waals surface area (Å²) in [5, 5.41) is 20.5. The minimum Gasteiger partial charge on any atom is -0.507 e. The van der Waals surface area contributed by atoms with Crippen LogP contribution in [0, 0.1) is 5.82 Å². The molecule has 6 rings (SSSR count). The van der Waals surface area contributed by atoms with E-state index in [1.54, 1.807) is 54.6 Å². The minimum atomic E-state index is -0.968. The van der Waals surface area contributed by atoms with Crippen LogP contribution in [0.5, 0.6) is 5.75 Å². The zero-order valence-corrected chi connectivity index (χ0v) is 23.4. The van der Waals surface area contributed by atoms with E-state index < -0.39 is 17.7 Å². The van der Waals surface area contributed by atoms with Crippen molar-refractivity contribution in [2.24, 2.45) is 0 Å². The van der Waals surface area contributed by atoms with Gasteiger partial charge in [-0.25, -0.2) is 4.39 Å². The number of aromatic nitrogens is 2. The van der Waals surface area contributed by atoms with Gasteiger partial charge in [0.2, 0.25) is 5.13 Å². The van der Waals surface area contributed by atoms with Crippen molar-refractivity contribution in [2.75, 3.05) is 4.90 Å². The van der Waals surface area contributed by atoms with Gasteiger partial charge in [-0.2, -0.15) is 0 Å². The van der Waals surface area contributed by atoms with E-state index >= 15 is 0 Å². The predicted molar refractivity (Wildman–Crippen MR) is 152 cm³/mol. The Kier molecular flexibility index (Phi) is 7.07. The highest BCUT2D eigenvalue weighted by atomic mass is 35.5. The summed E-state index contributed by atoms with van der Waals surface area (Å²) in [5.74, 6) is -1.00. The van der Waals surface area contributed by atoms with Gasteiger partial charge in [0.05, 0.1) is 11.6 Å². The number of thioether (sulfide) groups is 1. The molecule has 40 heavy (non-hydrogen) atoms. The van der Waals surface area contributed by atoms with Gasteiger partial charge in [0.15, 0.2) is 4.34 Å². The Bertz CT molecular complexity index is 1670. The first kappa shape index (κ1) is 26.5. The quantitative estimate of drug-likeness (QED) is 0.0888. The van der Waals surface area contributed by atoms with E-state index in [2.05, 4.69) is 10.2 Å². The molecule has 2 atom stereocenters. The second kappa shape index (κ2) is 10.7. The molecule has 1 aromatic heterocycles. The number of aliphatic hydroxyl groups is 1. The lowest BCUT2D eigenvalue weighted by atomic mass is 9.94. The fraction of sp³-hybridized carbons (Fsp3) is 0.172. The molecule has 0 radical (unpaired) electrons.